The molecule has 12 heavy (non-hydrogen) atoms. The molecule has 0 aromatic rings. The number of aliphatic carboxylic acids is 2. The SMILES string of the molecule is N[C@H](C=O)C(CC(=O)O)C(=O)O. The maximum atomic E-state index is 10.3. The van der Waals surface area contributed by atoms with Gasteiger partial charge in [0.1, 0.15) is 6.29 Å². The van der Waals surface area contributed by atoms with Crippen molar-refractivity contribution in [3.63, 3.8) is 0 Å². The Morgan fingerprint density at radius 3 is 2.17 bits per heavy atom. The lowest BCUT2D eigenvalue weighted by Crippen LogP contribution is -2.38. The fourth-order valence-electron chi connectivity index (χ4n) is 0.671. The second-order valence-electron chi connectivity index (χ2n) is 2.26. The van der Waals surface area contributed by atoms with Gasteiger partial charge in [0, 0.05) is 0 Å². The number of hydrogen-bond donors (Lipinski definition) is 3. The van der Waals surface area contributed by atoms with Gasteiger partial charge in [-0.1, -0.05) is 0 Å². The first-order valence-electron chi connectivity index (χ1n) is 3.14. The van der Waals surface area contributed by atoms with Gasteiger partial charge < -0.3 is 20.7 Å². The van der Waals surface area contributed by atoms with Crippen molar-refractivity contribution in [2.45, 2.75) is 12.5 Å². The highest BCUT2D eigenvalue weighted by molar-refractivity contribution is 5.82. The molecule has 68 valence electrons. The molecule has 0 aliphatic rings. The molecule has 6 heteroatoms. The van der Waals surface area contributed by atoms with Crippen LogP contribution in [0.5, 0.6) is 0 Å². The third kappa shape index (κ3) is 3.11. The summed E-state index contributed by atoms with van der Waals surface area (Å²) in [5.74, 6) is -4.02. The summed E-state index contributed by atoms with van der Waals surface area (Å²) in [7, 11) is 0. The van der Waals surface area contributed by atoms with E-state index >= 15 is 0 Å². The maximum Gasteiger partial charge on any atom is 0.309 e. The smallest absolute Gasteiger partial charge is 0.309 e. The van der Waals surface area contributed by atoms with Crippen LogP contribution in [0.25, 0.3) is 0 Å². The normalized spacial score (nSPS) is 14.8. The van der Waals surface area contributed by atoms with Gasteiger partial charge in [-0.3, -0.25) is 9.59 Å². The molecule has 0 heterocycles. The Labute approximate surface area is 68.0 Å². The van der Waals surface area contributed by atoms with Gasteiger partial charge in [-0.25, -0.2) is 0 Å². The third-order valence-electron chi connectivity index (χ3n) is 1.33. The topological polar surface area (TPSA) is 118 Å². The molecule has 0 amide bonds. The lowest BCUT2D eigenvalue weighted by Gasteiger charge is -2.11. The van der Waals surface area contributed by atoms with Crippen LogP contribution < -0.4 is 5.73 Å². The van der Waals surface area contributed by atoms with E-state index in [4.69, 9.17) is 15.9 Å². The van der Waals surface area contributed by atoms with Crippen LogP contribution in [0.4, 0.5) is 0 Å². The Hall–Kier alpha value is -1.43. The number of rotatable bonds is 5. The summed E-state index contributed by atoms with van der Waals surface area (Å²) in [4.78, 5) is 30.5. The molecular formula is C6H9NO5. The fraction of sp³-hybridized carbons (Fsp3) is 0.500. The van der Waals surface area contributed by atoms with Gasteiger partial charge in [0.05, 0.1) is 18.4 Å². The average Bonchev–Trinajstić information content (AvgIpc) is 1.98. The maximum absolute atomic E-state index is 10.3. The molecule has 0 aromatic carbocycles. The van der Waals surface area contributed by atoms with Crippen LogP contribution in [0, 0.1) is 5.92 Å². The van der Waals surface area contributed by atoms with Crippen LogP contribution in [0.1, 0.15) is 6.42 Å². The van der Waals surface area contributed by atoms with Crippen molar-refractivity contribution in [3.05, 3.63) is 0 Å². The van der Waals surface area contributed by atoms with Crippen molar-refractivity contribution in [2.24, 2.45) is 11.7 Å². The summed E-state index contributed by atoms with van der Waals surface area (Å²) in [6, 6.07) is -1.27. The molecule has 0 fully saturated rings. The largest absolute Gasteiger partial charge is 0.481 e. The van der Waals surface area contributed by atoms with Gasteiger partial charge in [0.15, 0.2) is 0 Å². The zero-order valence-corrected chi connectivity index (χ0v) is 6.14. The number of carboxylic acids is 2. The van der Waals surface area contributed by atoms with Gasteiger partial charge in [-0.05, 0) is 0 Å². The van der Waals surface area contributed by atoms with E-state index < -0.39 is 30.3 Å². The summed E-state index contributed by atoms with van der Waals surface area (Å²) in [5, 5.41) is 16.7. The van der Waals surface area contributed by atoms with E-state index in [1.807, 2.05) is 0 Å². The molecule has 2 atom stereocenters. The predicted octanol–water partition coefficient (Wildman–Crippen LogP) is -1.31. The summed E-state index contributed by atoms with van der Waals surface area (Å²) < 4.78 is 0. The minimum atomic E-state index is -1.38. The fourth-order valence-corrected chi connectivity index (χ4v) is 0.671. The third-order valence-corrected chi connectivity index (χ3v) is 1.33. The summed E-state index contributed by atoms with van der Waals surface area (Å²) >= 11 is 0. The van der Waals surface area contributed by atoms with Crippen molar-refractivity contribution in [1.82, 2.24) is 0 Å². The van der Waals surface area contributed by atoms with E-state index in [-0.39, 0.29) is 6.29 Å². The first-order valence-corrected chi connectivity index (χ1v) is 3.14. The van der Waals surface area contributed by atoms with E-state index in [1.165, 1.54) is 0 Å². The Morgan fingerprint density at radius 1 is 1.42 bits per heavy atom. The molecule has 6 nitrogen and oxygen atoms in total. The Morgan fingerprint density at radius 2 is 1.92 bits per heavy atom. The molecule has 0 spiro atoms. The highest BCUT2D eigenvalue weighted by atomic mass is 16.4. The molecule has 0 radical (unpaired) electrons. The van der Waals surface area contributed by atoms with Crippen LogP contribution in [-0.2, 0) is 14.4 Å². The summed E-state index contributed by atoms with van der Waals surface area (Å²) in [5.41, 5.74) is 5.05. The second kappa shape index (κ2) is 4.45. The molecule has 4 N–H and O–H groups in total. The number of hydrogen-bond acceptors (Lipinski definition) is 4. The number of aldehydes is 1. The van der Waals surface area contributed by atoms with Crippen LogP contribution in [0.2, 0.25) is 0 Å². The van der Waals surface area contributed by atoms with E-state index in [2.05, 4.69) is 0 Å². The van der Waals surface area contributed by atoms with E-state index in [0.29, 0.717) is 0 Å². The number of carbonyl (C=O) groups excluding carboxylic acids is 1. The summed E-state index contributed by atoms with van der Waals surface area (Å²) in [6.07, 6.45) is -0.420. The molecule has 0 aliphatic carbocycles. The Balaban J connectivity index is 4.32. The minimum absolute atomic E-state index is 0.224. The van der Waals surface area contributed by atoms with Gasteiger partial charge in [0.2, 0.25) is 0 Å². The molecule has 0 aliphatic heterocycles. The molecule has 0 saturated carbocycles. The number of carbonyl (C=O) groups is 3. The molecule has 0 saturated heterocycles. The van der Waals surface area contributed by atoms with Gasteiger partial charge in [-0.15, -0.1) is 0 Å². The zero-order chi connectivity index (χ0) is 9.72. The van der Waals surface area contributed by atoms with Crippen LogP contribution in [0.15, 0.2) is 0 Å². The first-order chi connectivity index (χ1) is 5.49. The van der Waals surface area contributed by atoms with Crippen LogP contribution >= 0.6 is 0 Å². The Kier molecular flexibility index (Phi) is 3.92. The zero-order valence-electron chi connectivity index (χ0n) is 6.14. The second-order valence-corrected chi connectivity index (χ2v) is 2.26. The van der Waals surface area contributed by atoms with E-state index in [1.54, 1.807) is 0 Å². The van der Waals surface area contributed by atoms with Crippen molar-refractivity contribution in [3.8, 4) is 0 Å². The van der Waals surface area contributed by atoms with Gasteiger partial charge in [0.25, 0.3) is 0 Å². The van der Waals surface area contributed by atoms with Crippen molar-refractivity contribution >= 4 is 18.2 Å². The van der Waals surface area contributed by atoms with Crippen molar-refractivity contribution in [1.29, 1.82) is 0 Å². The lowest BCUT2D eigenvalue weighted by atomic mass is 9.98. The monoisotopic (exact) mass is 175 g/mol. The van der Waals surface area contributed by atoms with Crippen molar-refractivity contribution in [2.75, 3.05) is 0 Å². The highest BCUT2D eigenvalue weighted by Crippen LogP contribution is 2.06. The molecule has 0 aromatic heterocycles. The Bertz CT molecular complexity index is 202. The predicted molar refractivity (Wildman–Crippen MR) is 37.4 cm³/mol. The van der Waals surface area contributed by atoms with Crippen LogP contribution in [0.3, 0.4) is 0 Å². The van der Waals surface area contributed by atoms with Crippen LogP contribution in [-0.4, -0.2) is 34.5 Å². The molecule has 0 rings (SSSR count). The quantitative estimate of drug-likeness (QED) is 0.446. The first kappa shape index (κ1) is 10.6. The standard InChI is InChI=1S/C6H9NO5/c7-4(2-8)3(6(11)12)1-5(9)10/h2-4H,1,7H2,(H,9,10)(H,11,12)/t3?,4-/m1/s1. The number of carboxylic acid groups (broad SMARTS) is 2. The van der Waals surface area contributed by atoms with Gasteiger partial charge >= 0.3 is 11.9 Å². The lowest BCUT2D eigenvalue weighted by molar-refractivity contribution is -0.149. The highest BCUT2D eigenvalue weighted by Gasteiger charge is 2.27. The minimum Gasteiger partial charge on any atom is -0.481 e. The van der Waals surface area contributed by atoms with E-state index in [0.717, 1.165) is 0 Å². The summed E-state index contributed by atoms with van der Waals surface area (Å²) in [6.45, 7) is 0. The average molecular weight is 175 g/mol. The van der Waals surface area contributed by atoms with Crippen molar-refractivity contribution < 1.29 is 24.6 Å². The molecular weight excluding hydrogens is 166 g/mol. The van der Waals surface area contributed by atoms with Gasteiger partial charge in [-0.2, -0.15) is 0 Å². The van der Waals surface area contributed by atoms with E-state index in [9.17, 15) is 14.4 Å². The molecule has 0 bridgehead atoms. The number of nitrogens with two attached hydrogens (primary N) is 1. The molecule has 1 unspecified atom stereocenters.